The molecule has 8 nitrogen and oxygen atoms in total. The van der Waals surface area contributed by atoms with E-state index in [0.29, 0.717) is 13.1 Å². The van der Waals surface area contributed by atoms with E-state index in [-0.39, 0.29) is 30.2 Å². The van der Waals surface area contributed by atoms with Gasteiger partial charge < -0.3 is 15.1 Å². The molecule has 0 radical (unpaired) electrons. The Morgan fingerprint density at radius 3 is 2.64 bits per heavy atom. The molecule has 22 heavy (non-hydrogen) atoms. The number of carbonyl (C=O) groups is 4. The minimum absolute atomic E-state index is 0.00605. The number of amides is 5. The first-order chi connectivity index (χ1) is 10.3. The van der Waals surface area contributed by atoms with Gasteiger partial charge in [-0.25, -0.2) is 4.79 Å². The number of piperazine rings is 1. The van der Waals surface area contributed by atoms with Crippen LogP contribution in [0.4, 0.5) is 4.79 Å². The molecule has 2 heterocycles. The van der Waals surface area contributed by atoms with Crippen LogP contribution in [0.25, 0.3) is 0 Å². The smallest absolute Gasteiger partial charge is 0.324 e. The van der Waals surface area contributed by atoms with Crippen molar-refractivity contribution in [1.29, 1.82) is 0 Å². The van der Waals surface area contributed by atoms with Gasteiger partial charge in [-0.05, 0) is 5.92 Å². The molecule has 5 amide bonds. The SMILES string of the molecule is CC[C@H](C)[C@H](NC(C)=O)C(=O)N1CCN2C(=O)NC(=O)C2C1. The van der Waals surface area contributed by atoms with Crippen LogP contribution >= 0.6 is 0 Å². The molecule has 122 valence electrons. The molecule has 3 atom stereocenters. The monoisotopic (exact) mass is 310 g/mol. The Morgan fingerprint density at radius 2 is 2.05 bits per heavy atom. The Balaban J connectivity index is 2.09. The summed E-state index contributed by atoms with van der Waals surface area (Å²) in [5.41, 5.74) is 0. The molecule has 0 aliphatic carbocycles. The Labute approximate surface area is 129 Å². The summed E-state index contributed by atoms with van der Waals surface area (Å²) in [5, 5.41) is 4.95. The summed E-state index contributed by atoms with van der Waals surface area (Å²) >= 11 is 0. The van der Waals surface area contributed by atoms with Crippen LogP contribution in [0.3, 0.4) is 0 Å². The van der Waals surface area contributed by atoms with Gasteiger partial charge in [-0.3, -0.25) is 19.7 Å². The molecule has 2 N–H and O–H groups in total. The molecule has 8 heteroatoms. The van der Waals surface area contributed by atoms with Crippen molar-refractivity contribution in [1.82, 2.24) is 20.4 Å². The first-order valence-electron chi connectivity index (χ1n) is 7.52. The fourth-order valence-electron chi connectivity index (χ4n) is 2.81. The molecule has 0 bridgehead atoms. The van der Waals surface area contributed by atoms with Gasteiger partial charge in [0.2, 0.25) is 11.8 Å². The lowest BCUT2D eigenvalue weighted by molar-refractivity contribution is -0.140. The second-order valence-electron chi connectivity index (χ2n) is 5.85. The Bertz CT molecular complexity index is 507. The molecule has 2 aliphatic rings. The summed E-state index contributed by atoms with van der Waals surface area (Å²) in [6, 6.07) is -1.63. The van der Waals surface area contributed by atoms with Crippen molar-refractivity contribution in [2.24, 2.45) is 5.92 Å². The van der Waals surface area contributed by atoms with E-state index in [1.807, 2.05) is 13.8 Å². The topological polar surface area (TPSA) is 98.8 Å². The van der Waals surface area contributed by atoms with Gasteiger partial charge in [0.05, 0.1) is 6.54 Å². The molecule has 1 unspecified atom stereocenters. The number of nitrogens with zero attached hydrogens (tertiary/aromatic N) is 2. The van der Waals surface area contributed by atoms with Crippen molar-refractivity contribution in [3.05, 3.63) is 0 Å². The maximum atomic E-state index is 12.7. The molecule has 0 aromatic carbocycles. The maximum Gasteiger partial charge on any atom is 0.324 e. The van der Waals surface area contributed by atoms with Gasteiger partial charge in [0.15, 0.2) is 0 Å². The van der Waals surface area contributed by atoms with Crippen LogP contribution in [0.2, 0.25) is 0 Å². The molecule has 0 saturated carbocycles. The average molecular weight is 310 g/mol. The summed E-state index contributed by atoms with van der Waals surface area (Å²) in [4.78, 5) is 50.3. The van der Waals surface area contributed by atoms with Gasteiger partial charge in [0.25, 0.3) is 5.91 Å². The highest BCUT2D eigenvalue weighted by Crippen LogP contribution is 2.18. The normalized spacial score (nSPS) is 23.7. The van der Waals surface area contributed by atoms with Crippen molar-refractivity contribution in [3.63, 3.8) is 0 Å². The highest BCUT2D eigenvalue weighted by molar-refractivity contribution is 6.04. The van der Waals surface area contributed by atoms with E-state index in [1.54, 1.807) is 4.90 Å². The third-order valence-electron chi connectivity index (χ3n) is 4.32. The van der Waals surface area contributed by atoms with E-state index in [0.717, 1.165) is 6.42 Å². The largest absolute Gasteiger partial charge is 0.344 e. The Morgan fingerprint density at radius 1 is 1.36 bits per heavy atom. The van der Waals surface area contributed by atoms with Crippen molar-refractivity contribution >= 4 is 23.8 Å². The summed E-state index contributed by atoms with van der Waals surface area (Å²) in [7, 11) is 0. The highest BCUT2D eigenvalue weighted by atomic mass is 16.2. The Kier molecular flexibility index (Phi) is 4.68. The van der Waals surface area contributed by atoms with E-state index in [4.69, 9.17) is 0 Å². The predicted molar refractivity (Wildman–Crippen MR) is 77.7 cm³/mol. The van der Waals surface area contributed by atoms with Gasteiger partial charge in [0, 0.05) is 20.0 Å². The molecule has 0 aromatic rings. The second kappa shape index (κ2) is 6.33. The van der Waals surface area contributed by atoms with Crippen LogP contribution in [-0.4, -0.2) is 65.3 Å². The quantitative estimate of drug-likeness (QED) is 0.671. The van der Waals surface area contributed by atoms with Crippen LogP contribution in [0, 0.1) is 5.92 Å². The standard InChI is InChI=1S/C14H22N4O4/c1-4-8(2)11(15-9(3)19)13(21)17-5-6-18-10(7-17)12(20)16-14(18)22/h8,10-11H,4-7H2,1-3H3,(H,15,19)(H,16,20,22)/t8-,10?,11-/m0/s1. The minimum Gasteiger partial charge on any atom is -0.344 e. The summed E-state index contributed by atoms with van der Waals surface area (Å²) in [5.74, 6) is -0.835. The van der Waals surface area contributed by atoms with Crippen LogP contribution in [0.5, 0.6) is 0 Å². The first-order valence-corrected chi connectivity index (χ1v) is 7.52. The zero-order chi connectivity index (χ0) is 16.4. The van der Waals surface area contributed by atoms with E-state index < -0.39 is 18.1 Å². The van der Waals surface area contributed by atoms with Crippen LogP contribution in [0.15, 0.2) is 0 Å². The van der Waals surface area contributed by atoms with Crippen LogP contribution < -0.4 is 10.6 Å². The van der Waals surface area contributed by atoms with E-state index >= 15 is 0 Å². The van der Waals surface area contributed by atoms with Gasteiger partial charge in [-0.2, -0.15) is 0 Å². The highest BCUT2D eigenvalue weighted by Gasteiger charge is 2.44. The summed E-state index contributed by atoms with van der Waals surface area (Å²) in [6.45, 7) is 6.09. The number of fused-ring (bicyclic) bond motifs is 1. The zero-order valence-electron chi connectivity index (χ0n) is 13.1. The van der Waals surface area contributed by atoms with Crippen molar-refractivity contribution < 1.29 is 19.2 Å². The molecular weight excluding hydrogens is 288 g/mol. The number of hydrogen-bond acceptors (Lipinski definition) is 4. The molecular formula is C14H22N4O4. The molecule has 2 saturated heterocycles. The number of rotatable bonds is 4. The number of imide groups is 1. The van der Waals surface area contributed by atoms with Gasteiger partial charge >= 0.3 is 6.03 Å². The van der Waals surface area contributed by atoms with Crippen molar-refractivity contribution in [2.75, 3.05) is 19.6 Å². The number of urea groups is 1. The van der Waals surface area contributed by atoms with Crippen LogP contribution in [0.1, 0.15) is 27.2 Å². The molecule has 0 spiro atoms. The fraction of sp³-hybridized carbons (Fsp3) is 0.714. The number of carbonyl (C=O) groups excluding carboxylic acids is 4. The lowest BCUT2D eigenvalue weighted by Gasteiger charge is -2.38. The second-order valence-corrected chi connectivity index (χ2v) is 5.85. The zero-order valence-corrected chi connectivity index (χ0v) is 13.1. The van der Waals surface area contributed by atoms with E-state index in [2.05, 4.69) is 10.6 Å². The third-order valence-corrected chi connectivity index (χ3v) is 4.32. The Hall–Kier alpha value is -2.12. The maximum absolute atomic E-state index is 12.7. The van der Waals surface area contributed by atoms with Gasteiger partial charge in [-0.1, -0.05) is 20.3 Å². The number of hydrogen-bond donors (Lipinski definition) is 2. The molecule has 2 aliphatic heterocycles. The van der Waals surface area contributed by atoms with Crippen LogP contribution in [-0.2, 0) is 14.4 Å². The lowest BCUT2D eigenvalue weighted by atomic mass is 9.97. The van der Waals surface area contributed by atoms with Gasteiger partial charge in [0.1, 0.15) is 12.1 Å². The van der Waals surface area contributed by atoms with E-state index in [1.165, 1.54) is 11.8 Å². The average Bonchev–Trinajstić information content (AvgIpc) is 2.77. The summed E-state index contributed by atoms with van der Waals surface area (Å²) < 4.78 is 0. The van der Waals surface area contributed by atoms with E-state index in [9.17, 15) is 19.2 Å². The van der Waals surface area contributed by atoms with Crippen molar-refractivity contribution in [3.8, 4) is 0 Å². The summed E-state index contributed by atoms with van der Waals surface area (Å²) in [6.07, 6.45) is 0.749. The third kappa shape index (κ3) is 3.05. The first kappa shape index (κ1) is 16.3. The van der Waals surface area contributed by atoms with Crippen molar-refractivity contribution in [2.45, 2.75) is 39.3 Å². The lowest BCUT2D eigenvalue weighted by Crippen LogP contribution is -2.59. The molecule has 2 fully saturated rings. The van der Waals surface area contributed by atoms with Gasteiger partial charge in [-0.15, -0.1) is 0 Å². The fourth-order valence-corrected chi connectivity index (χ4v) is 2.81. The minimum atomic E-state index is -0.625. The number of nitrogens with one attached hydrogen (secondary N) is 2. The molecule has 0 aromatic heterocycles. The predicted octanol–water partition coefficient (Wildman–Crippen LogP) is -0.700. The molecule has 2 rings (SSSR count).